The summed E-state index contributed by atoms with van der Waals surface area (Å²) in [6.45, 7) is 4.40. The Bertz CT molecular complexity index is 1090. The average Bonchev–Trinajstić information content (AvgIpc) is 3.22. The summed E-state index contributed by atoms with van der Waals surface area (Å²) in [5.74, 6) is -0.707. The third-order valence-corrected chi connectivity index (χ3v) is 6.59. The van der Waals surface area contributed by atoms with E-state index in [0.717, 1.165) is 42.7 Å². The molecule has 0 saturated carbocycles. The van der Waals surface area contributed by atoms with Gasteiger partial charge in [-0.1, -0.05) is 12.1 Å². The Morgan fingerprint density at radius 3 is 2.77 bits per heavy atom. The van der Waals surface area contributed by atoms with Crippen molar-refractivity contribution in [1.29, 1.82) is 0 Å². The summed E-state index contributed by atoms with van der Waals surface area (Å²) < 4.78 is 20.0. The number of anilines is 1. The van der Waals surface area contributed by atoms with E-state index in [1.807, 2.05) is 18.2 Å². The van der Waals surface area contributed by atoms with Gasteiger partial charge in [-0.3, -0.25) is 14.5 Å². The van der Waals surface area contributed by atoms with Crippen LogP contribution in [-0.2, 0) is 34.0 Å². The van der Waals surface area contributed by atoms with Gasteiger partial charge in [0.2, 0.25) is 5.91 Å². The highest BCUT2D eigenvalue weighted by atomic mass is 19.1. The van der Waals surface area contributed by atoms with Crippen molar-refractivity contribution in [2.45, 2.75) is 38.5 Å². The molecule has 2 aromatic rings. The van der Waals surface area contributed by atoms with E-state index in [0.29, 0.717) is 24.3 Å². The molecule has 1 atom stereocenters. The second kappa shape index (κ2) is 11.4. The summed E-state index contributed by atoms with van der Waals surface area (Å²) in [6, 6.07) is 9.85. The number of carbonyl (C=O) groups excluding carboxylic acids is 3. The zero-order valence-electron chi connectivity index (χ0n) is 19.9. The fourth-order valence-corrected chi connectivity index (χ4v) is 4.56. The highest BCUT2D eigenvalue weighted by Crippen LogP contribution is 2.31. The van der Waals surface area contributed by atoms with Crippen LogP contribution in [0.25, 0.3) is 0 Å². The Hall–Kier alpha value is -3.30. The van der Waals surface area contributed by atoms with Gasteiger partial charge < -0.3 is 25.1 Å². The van der Waals surface area contributed by atoms with Gasteiger partial charge in [0, 0.05) is 68.6 Å². The van der Waals surface area contributed by atoms with Crippen LogP contribution >= 0.6 is 0 Å². The number of amides is 2. The number of carbonyl (C=O) groups is 3. The van der Waals surface area contributed by atoms with Gasteiger partial charge >= 0.3 is 0 Å². The molecule has 2 amide bonds. The van der Waals surface area contributed by atoms with Gasteiger partial charge in [0.05, 0.1) is 19.3 Å². The Morgan fingerprint density at radius 1 is 1.23 bits per heavy atom. The van der Waals surface area contributed by atoms with Crippen molar-refractivity contribution < 1.29 is 23.5 Å². The molecule has 2 aliphatic rings. The molecule has 0 aromatic heterocycles. The Morgan fingerprint density at radius 2 is 2.03 bits per heavy atom. The number of ether oxygens (including phenoxy) is 1. The lowest BCUT2D eigenvalue weighted by Gasteiger charge is -2.26. The van der Waals surface area contributed by atoms with Crippen molar-refractivity contribution in [3.05, 3.63) is 64.5 Å². The fourth-order valence-electron chi connectivity index (χ4n) is 4.56. The number of fused-ring (bicyclic) bond motifs is 1. The van der Waals surface area contributed by atoms with Crippen LogP contribution < -0.4 is 10.6 Å². The largest absolute Gasteiger partial charge is 0.381 e. The monoisotopic (exact) mass is 482 g/mol. The van der Waals surface area contributed by atoms with Gasteiger partial charge in [-0.2, -0.15) is 0 Å². The average molecular weight is 483 g/mol. The maximum absolute atomic E-state index is 14.6. The lowest BCUT2D eigenvalue weighted by Crippen LogP contribution is -2.37. The molecule has 0 bridgehead atoms. The molecule has 0 aliphatic carbocycles. The van der Waals surface area contributed by atoms with Gasteiger partial charge in [0.25, 0.3) is 5.91 Å². The maximum atomic E-state index is 14.6. The predicted octanol–water partition coefficient (Wildman–Crippen LogP) is 2.32. The Kier molecular flexibility index (Phi) is 8.09. The van der Waals surface area contributed by atoms with E-state index in [9.17, 15) is 18.8 Å². The minimum atomic E-state index is -0.686. The van der Waals surface area contributed by atoms with Gasteiger partial charge in [-0.15, -0.1) is 0 Å². The molecule has 0 radical (unpaired) electrons. The van der Waals surface area contributed by atoms with Gasteiger partial charge in [-0.25, -0.2) is 4.39 Å². The summed E-state index contributed by atoms with van der Waals surface area (Å²) in [7, 11) is 1.54. The number of nitrogens with one attached hydrogen (secondary N) is 2. The summed E-state index contributed by atoms with van der Waals surface area (Å²) in [4.78, 5) is 40.1. The smallest absolute Gasteiger partial charge is 0.255 e. The summed E-state index contributed by atoms with van der Waals surface area (Å²) in [5, 5.41) is 5.81. The minimum Gasteiger partial charge on any atom is -0.381 e. The van der Waals surface area contributed by atoms with Crippen LogP contribution in [0.1, 0.15) is 39.9 Å². The van der Waals surface area contributed by atoms with Crippen molar-refractivity contribution in [3.63, 3.8) is 0 Å². The lowest BCUT2D eigenvalue weighted by atomic mass is 10.1. The standard InChI is InChI=1S/C26H31FN4O4/c1-28-25(33)8-6-20(17-32)31-16-22-21(26(31)34)3-2-4-24(22)29-14-19-13-18(5-7-23(19)27)15-30-9-11-35-12-10-30/h2-5,7,13,17,20,29H,6,8-12,14-16H2,1H3,(H,28,33). The fraction of sp³-hybridized carbons (Fsp3) is 0.423. The number of nitrogens with zero attached hydrogens (tertiary/aromatic N) is 2. The molecule has 1 fully saturated rings. The van der Waals surface area contributed by atoms with Crippen molar-refractivity contribution >= 4 is 23.8 Å². The van der Waals surface area contributed by atoms with Crippen molar-refractivity contribution in [1.82, 2.24) is 15.1 Å². The summed E-state index contributed by atoms with van der Waals surface area (Å²) >= 11 is 0. The normalized spacial score (nSPS) is 16.6. The van der Waals surface area contributed by atoms with Gasteiger partial charge in [-0.05, 0) is 36.2 Å². The quantitative estimate of drug-likeness (QED) is 0.505. The molecule has 8 nitrogen and oxygen atoms in total. The van der Waals surface area contributed by atoms with E-state index in [4.69, 9.17) is 4.74 Å². The molecular formula is C26H31FN4O4. The molecule has 186 valence electrons. The third kappa shape index (κ3) is 5.86. The van der Waals surface area contributed by atoms with Gasteiger partial charge in [0.1, 0.15) is 12.1 Å². The predicted molar refractivity (Wildman–Crippen MR) is 129 cm³/mol. The molecule has 4 rings (SSSR count). The van der Waals surface area contributed by atoms with E-state index >= 15 is 0 Å². The van der Waals surface area contributed by atoms with E-state index in [-0.39, 0.29) is 43.6 Å². The van der Waals surface area contributed by atoms with Crippen LogP contribution in [-0.4, -0.2) is 67.3 Å². The van der Waals surface area contributed by atoms with Crippen LogP contribution in [0.5, 0.6) is 0 Å². The SMILES string of the molecule is CNC(=O)CCC(C=O)N1Cc2c(NCc3cc(CN4CCOCC4)ccc3F)cccc2C1=O. The van der Waals surface area contributed by atoms with E-state index in [1.165, 1.54) is 18.0 Å². The molecule has 1 unspecified atom stereocenters. The first-order valence-corrected chi connectivity index (χ1v) is 11.9. The number of hydrogen-bond acceptors (Lipinski definition) is 6. The lowest BCUT2D eigenvalue weighted by molar-refractivity contribution is -0.121. The minimum absolute atomic E-state index is 0.158. The second-order valence-corrected chi connectivity index (χ2v) is 8.85. The topological polar surface area (TPSA) is 91.0 Å². The Labute approximate surface area is 204 Å². The number of aldehydes is 1. The number of rotatable bonds is 10. The van der Waals surface area contributed by atoms with Crippen molar-refractivity contribution in [2.75, 3.05) is 38.7 Å². The molecule has 1 saturated heterocycles. The maximum Gasteiger partial charge on any atom is 0.255 e. The van der Waals surface area contributed by atoms with Crippen LogP contribution in [0.2, 0.25) is 0 Å². The molecular weight excluding hydrogens is 451 g/mol. The van der Waals surface area contributed by atoms with Crippen molar-refractivity contribution in [3.8, 4) is 0 Å². The summed E-state index contributed by atoms with van der Waals surface area (Å²) in [6.07, 6.45) is 1.13. The summed E-state index contributed by atoms with van der Waals surface area (Å²) in [5.41, 5.74) is 3.60. The molecule has 0 spiro atoms. The zero-order valence-corrected chi connectivity index (χ0v) is 19.9. The number of halogens is 1. The highest BCUT2D eigenvalue weighted by molar-refractivity contribution is 6.01. The molecule has 35 heavy (non-hydrogen) atoms. The molecule has 2 N–H and O–H groups in total. The van der Waals surface area contributed by atoms with E-state index < -0.39 is 6.04 Å². The molecule has 2 aliphatic heterocycles. The van der Waals surface area contributed by atoms with E-state index in [2.05, 4.69) is 15.5 Å². The molecule has 2 aromatic carbocycles. The number of morpholine rings is 1. The Balaban J connectivity index is 1.44. The van der Waals surface area contributed by atoms with Gasteiger partial charge in [0.15, 0.2) is 0 Å². The highest BCUT2D eigenvalue weighted by Gasteiger charge is 2.34. The molecule has 2 heterocycles. The first-order chi connectivity index (χ1) is 17.0. The third-order valence-electron chi connectivity index (χ3n) is 6.59. The van der Waals surface area contributed by atoms with Crippen LogP contribution in [0.15, 0.2) is 36.4 Å². The van der Waals surface area contributed by atoms with Crippen molar-refractivity contribution in [2.24, 2.45) is 0 Å². The first-order valence-electron chi connectivity index (χ1n) is 11.9. The van der Waals surface area contributed by atoms with Crippen LogP contribution in [0.3, 0.4) is 0 Å². The van der Waals surface area contributed by atoms with E-state index in [1.54, 1.807) is 12.1 Å². The first kappa shape index (κ1) is 24.8. The van der Waals surface area contributed by atoms with Crippen LogP contribution in [0, 0.1) is 5.82 Å². The van der Waals surface area contributed by atoms with Crippen LogP contribution in [0.4, 0.5) is 10.1 Å². The zero-order chi connectivity index (χ0) is 24.8. The second-order valence-electron chi connectivity index (χ2n) is 8.85. The number of benzene rings is 2. The molecule has 9 heteroatoms. The number of hydrogen-bond donors (Lipinski definition) is 2.